The van der Waals surface area contributed by atoms with Gasteiger partial charge in [0.2, 0.25) is 0 Å². The maximum Gasteiger partial charge on any atom is 0.123 e. The molecule has 0 aliphatic heterocycles. The molecule has 0 heterocycles. The van der Waals surface area contributed by atoms with Crippen molar-refractivity contribution in [2.24, 2.45) is 0 Å². The molecule has 0 atom stereocenters. The van der Waals surface area contributed by atoms with Crippen LogP contribution in [0.1, 0.15) is 12.0 Å². The maximum atomic E-state index is 12.9. The molecule has 15 heavy (non-hydrogen) atoms. The van der Waals surface area contributed by atoms with Crippen molar-refractivity contribution in [3.63, 3.8) is 0 Å². The fourth-order valence-electron chi connectivity index (χ4n) is 1.16. The first-order chi connectivity index (χ1) is 7.27. The lowest BCUT2D eigenvalue weighted by Gasteiger charge is -2.07. The maximum absolute atomic E-state index is 12.9. The van der Waals surface area contributed by atoms with Crippen molar-refractivity contribution < 1.29 is 9.13 Å². The fraction of sp³-hybridized carbons (Fsp3) is 0.364. The minimum absolute atomic E-state index is 0.258. The lowest BCUT2D eigenvalue weighted by atomic mass is 10.2. The van der Waals surface area contributed by atoms with Crippen LogP contribution < -0.4 is 4.74 Å². The summed E-state index contributed by atoms with van der Waals surface area (Å²) >= 11 is 1.60. The molecule has 0 fully saturated rings. The van der Waals surface area contributed by atoms with Crippen LogP contribution in [0, 0.1) is 17.1 Å². The highest BCUT2D eigenvalue weighted by atomic mass is 32.2. The Morgan fingerprint density at radius 3 is 3.00 bits per heavy atom. The number of hydrogen-bond acceptors (Lipinski definition) is 3. The molecule has 80 valence electrons. The summed E-state index contributed by atoms with van der Waals surface area (Å²) in [5.41, 5.74) is 0.834. The Kier molecular flexibility index (Phi) is 4.99. The van der Waals surface area contributed by atoms with Crippen molar-refractivity contribution in [3.05, 3.63) is 29.6 Å². The predicted octanol–water partition coefficient (Wildman–Crippen LogP) is 2.98. The van der Waals surface area contributed by atoms with E-state index in [0.717, 1.165) is 11.3 Å². The molecule has 0 N–H and O–H groups in total. The number of nitrogens with zero attached hydrogens (tertiary/aromatic N) is 1. The highest BCUT2D eigenvalue weighted by Crippen LogP contribution is 2.24. The topological polar surface area (TPSA) is 33.0 Å². The van der Waals surface area contributed by atoms with Crippen molar-refractivity contribution >= 4 is 11.8 Å². The Morgan fingerprint density at radius 2 is 2.33 bits per heavy atom. The standard InChI is InChI=1S/C11H12FNOS/c1-14-11-4-3-10(12)7-9(11)8-15-6-2-5-13/h3-4,7H,2,6,8H2,1H3. The average Bonchev–Trinajstić information content (AvgIpc) is 2.25. The highest BCUT2D eigenvalue weighted by molar-refractivity contribution is 7.98. The van der Waals surface area contributed by atoms with E-state index in [9.17, 15) is 4.39 Å². The second-order valence-corrected chi connectivity index (χ2v) is 4.02. The van der Waals surface area contributed by atoms with Gasteiger partial charge in [-0.2, -0.15) is 17.0 Å². The largest absolute Gasteiger partial charge is 0.496 e. The van der Waals surface area contributed by atoms with Crippen LogP contribution in [-0.2, 0) is 5.75 Å². The lowest BCUT2D eigenvalue weighted by Crippen LogP contribution is -1.92. The second-order valence-electron chi connectivity index (χ2n) is 2.92. The van der Waals surface area contributed by atoms with Gasteiger partial charge in [-0.15, -0.1) is 0 Å². The third-order valence-corrected chi connectivity index (χ3v) is 2.87. The van der Waals surface area contributed by atoms with E-state index >= 15 is 0 Å². The van der Waals surface area contributed by atoms with Gasteiger partial charge in [0.25, 0.3) is 0 Å². The van der Waals surface area contributed by atoms with Crippen LogP contribution in [0.4, 0.5) is 4.39 Å². The monoisotopic (exact) mass is 225 g/mol. The quantitative estimate of drug-likeness (QED) is 0.722. The number of methoxy groups -OCH3 is 1. The number of thioether (sulfide) groups is 1. The molecule has 0 radical (unpaired) electrons. The highest BCUT2D eigenvalue weighted by Gasteiger charge is 2.04. The summed E-state index contributed by atoms with van der Waals surface area (Å²) in [6.07, 6.45) is 0.516. The van der Waals surface area contributed by atoms with Crippen molar-refractivity contribution in [1.29, 1.82) is 5.26 Å². The first-order valence-electron chi connectivity index (χ1n) is 4.55. The van der Waals surface area contributed by atoms with Crippen LogP contribution in [0.3, 0.4) is 0 Å². The van der Waals surface area contributed by atoms with Crippen LogP contribution in [0.5, 0.6) is 5.75 Å². The van der Waals surface area contributed by atoms with Crippen LogP contribution >= 0.6 is 11.8 Å². The fourth-order valence-corrected chi connectivity index (χ4v) is 1.99. The SMILES string of the molecule is COc1ccc(F)cc1CSCCC#N. The molecule has 0 saturated carbocycles. The van der Waals surface area contributed by atoms with E-state index in [1.165, 1.54) is 12.1 Å². The van der Waals surface area contributed by atoms with Gasteiger partial charge >= 0.3 is 0 Å². The van der Waals surface area contributed by atoms with Gasteiger partial charge in [0.1, 0.15) is 11.6 Å². The number of halogens is 1. The summed E-state index contributed by atoms with van der Waals surface area (Å²) in [6, 6.07) is 6.54. The van der Waals surface area contributed by atoms with Crippen LogP contribution in [-0.4, -0.2) is 12.9 Å². The number of benzene rings is 1. The Bertz CT molecular complexity index is 362. The smallest absolute Gasteiger partial charge is 0.123 e. The summed E-state index contributed by atoms with van der Waals surface area (Å²) in [5, 5.41) is 8.36. The van der Waals surface area contributed by atoms with Crippen molar-refractivity contribution in [2.45, 2.75) is 12.2 Å². The second kappa shape index (κ2) is 6.31. The van der Waals surface area contributed by atoms with E-state index in [4.69, 9.17) is 10.00 Å². The number of rotatable bonds is 5. The zero-order chi connectivity index (χ0) is 11.1. The molecule has 1 aromatic carbocycles. The van der Waals surface area contributed by atoms with E-state index in [1.807, 2.05) is 0 Å². The Balaban J connectivity index is 2.58. The Hall–Kier alpha value is -1.21. The van der Waals surface area contributed by atoms with Gasteiger partial charge in [-0.1, -0.05) is 0 Å². The third kappa shape index (κ3) is 3.80. The molecule has 0 saturated heterocycles. The molecular weight excluding hydrogens is 213 g/mol. The summed E-state index contributed by atoms with van der Waals surface area (Å²) < 4.78 is 18.1. The molecule has 0 spiro atoms. The van der Waals surface area contributed by atoms with E-state index in [0.29, 0.717) is 17.9 Å². The van der Waals surface area contributed by atoms with Crippen molar-refractivity contribution in [1.82, 2.24) is 0 Å². The van der Waals surface area contributed by atoms with Crippen LogP contribution in [0.15, 0.2) is 18.2 Å². The summed E-state index contributed by atoms with van der Waals surface area (Å²) in [7, 11) is 1.57. The summed E-state index contributed by atoms with van der Waals surface area (Å²) in [4.78, 5) is 0. The van der Waals surface area contributed by atoms with Gasteiger partial charge in [0.05, 0.1) is 13.2 Å². The lowest BCUT2D eigenvalue weighted by molar-refractivity contribution is 0.410. The molecule has 0 aliphatic rings. The minimum Gasteiger partial charge on any atom is -0.496 e. The predicted molar refractivity (Wildman–Crippen MR) is 59.3 cm³/mol. The average molecular weight is 225 g/mol. The normalized spacial score (nSPS) is 9.67. The van der Waals surface area contributed by atoms with E-state index < -0.39 is 0 Å². The zero-order valence-electron chi connectivity index (χ0n) is 8.50. The molecule has 1 aromatic rings. The molecule has 0 bridgehead atoms. The van der Waals surface area contributed by atoms with E-state index in [-0.39, 0.29) is 5.82 Å². The molecule has 2 nitrogen and oxygen atoms in total. The molecular formula is C11H12FNOS. The number of ether oxygens (including phenoxy) is 1. The molecule has 0 aliphatic carbocycles. The van der Waals surface area contributed by atoms with Gasteiger partial charge in [-0.3, -0.25) is 0 Å². The number of nitriles is 1. The Morgan fingerprint density at radius 1 is 1.53 bits per heavy atom. The van der Waals surface area contributed by atoms with Crippen LogP contribution in [0.2, 0.25) is 0 Å². The first kappa shape index (κ1) is 11.9. The molecule has 0 amide bonds. The van der Waals surface area contributed by atoms with Gasteiger partial charge in [0, 0.05) is 23.5 Å². The van der Waals surface area contributed by atoms with Gasteiger partial charge in [-0.05, 0) is 18.2 Å². The van der Waals surface area contributed by atoms with Crippen molar-refractivity contribution in [2.75, 3.05) is 12.9 Å². The van der Waals surface area contributed by atoms with Crippen LogP contribution in [0.25, 0.3) is 0 Å². The molecule has 1 rings (SSSR count). The van der Waals surface area contributed by atoms with Crippen molar-refractivity contribution in [3.8, 4) is 11.8 Å². The third-order valence-electron chi connectivity index (χ3n) is 1.86. The van der Waals surface area contributed by atoms with Gasteiger partial charge in [-0.25, -0.2) is 4.39 Å². The van der Waals surface area contributed by atoms with Gasteiger partial charge < -0.3 is 4.74 Å². The number of hydrogen-bond donors (Lipinski definition) is 0. The van der Waals surface area contributed by atoms with E-state index in [2.05, 4.69) is 6.07 Å². The van der Waals surface area contributed by atoms with Gasteiger partial charge in [0.15, 0.2) is 0 Å². The Labute approximate surface area is 93.1 Å². The zero-order valence-corrected chi connectivity index (χ0v) is 9.31. The van der Waals surface area contributed by atoms with E-state index in [1.54, 1.807) is 24.9 Å². The summed E-state index contributed by atoms with van der Waals surface area (Å²) in [6.45, 7) is 0. The molecule has 0 aromatic heterocycles. The minimum atomic E-state index is -0.258. The molecule has 0 unspecified atom stereocenters. The first-order valence-corrected chi connectivity index (χ1v) is 5.70. The molecule has 4 heteroatoms. The summed E-state index contributed by atoms with van der Waals surface area (Å²) in [5.74, 6) is 1.87.